The molecule has 17 heavy (non-hydrogen) atoms. The maximum atomic E-state index is 10.4. The quantitative estimate of drug-likeness (QED) is 0.481. The van der Waals surface area contributed by atoms with E-state index in [9.17, 15) is 4.79 Å². The summed E-state index contributed by atoms with van der Waals surface area (Å²) in [6.07, 6.45) is 3.75. The summed E-state index contributed by atoms with van der Waals surface area (Å²) in [6.45, 7) is 1.89. The number of carboxylic acid groups (broad SMARTS) is 1. The van der Waals surface area contributed by atoms with E-state index >= 15 is 0 Å². The maximum absolute atomic E-state index is 10.4. The monoisotopic (exact) mass is 252 g/mol. The average Bonchev–Trinajstić information content (AvgIpc) is 2.30. The molecule has 4 nitrogen and oxygen atoms in total. The van der Waals surface area contributed by atoms with Gasteiger partial charge in [0.25, 0.3) is 0 Å². The van der Waals surface area contributed by atoms with E-state index < -0.39 is 5.97 Å². The summed E-state index contributed by atoms with van der Waals surface area (Å²) in [5.74, 6) is -1.03. The number of hydrogen-bond donors (Lipinski definition) is 2. The van der Waals surface area contributed by atoms with E-state index in [0.29, 0.717) is 11.6 Å². The van der Waals surface area contributed by atoms with Crippen molar-refractivity contribution in [3.8, 4) is 0 Å². The predicted octanol–water partition coefficient (Wildman–Crippen LogP) is 2.40. The van der Waals surface area contributed by atoms with Crippen molar-refractivity contribution in [2.45, 2.75) is 6.92 Å². The van der Waals surface area contributed by atoms with Crippen molar-refractivity contribution in [1.29, 1.82) is 0 Å². The first-order valence-corrected chi connectivity index (χ1v) is 5.40. The molecule has 0 atom stereocenters. The minimum absolute atomic E-state index is 0.0323. The van der Waals surface area contributed by atoms with Crippen LogP contribution in [0.25, 0.3) is 6.08 Å². The average molecular weight is 253 g/mol. The molecule has 0 aliphatic rings. The van der Waals surface area contributed by atoms with Gasteiger partial charge in [0.05, 0.1) is 6.54 Å². The van der Waals surface area contributed by atoms with E-state index in [1.54, 1.807) is 12.1 Å². The second-order valence-corrected chi connectivity index (χ2v) is 3.75. The molecule has 90 valence electrons. The maximum Gasteiger partial charge on any atom is 0.351 e. The summed E-state index contributed by atoms with van der Waals surface area (Å²) in [5, 5.41) is 12.9. The van der Waals surface area contributed by atoms with Gasteiger partial charge in [0.2, 0.25) is 0 Å². The molecule has 0 saturated heterocycles. The van der Waals surface area contributed by atoms with Crippen molar-refractivity contribution in [3.63, 3.8) is 0 Å². The Balaban J connectivity index is 2.39. The third kappa shape index (κ3) is 5.17. The second-order valence-electron chi connectivity index (χ2n) is 3.32. The fraction of sp³-hybridized carbons (Fsp3) is 0.167. The number of benzene rings is 1. The van der Waals surface area contributed by atoms with E-state index in [2.05, 4.69) is 10.5 Å². The molecule has 1 aromatic rings. The molecule has 0 saturated carbocycles. The number of nitrogens with zero attached hydrogens (tertiary/aromatic N) is 1. The van der Waals surface area contributed by atoms with E-state index in [-0.39, 0.29) is 5.71 Å². The zero-order valence-corrected chi connectivity index (χ0v) is 10.1. The van der Waals surface area contributed by atoms with Gasteiger partial charge in [-0.3, -0.25) is 0 Å². The third-order valence-electron chi connectivity index (χ3n) is 1.95. The van der Waals surface area contributed by atoms with E-state index in [0.717, 1.165) is 5.56 Å². The van der Waals surface area contributed by atoms with Crippen LogP contribution in [0.3, 0.4) is 0 Å². The molecule has 0 heterocycles. The lowest BCUT2D eigenvalue weighted by Gasteiger charge is -1.96. The molecule has 0 amide bonds. The number of hydrazone groups is 1. The van der Waals surface area contributed by atoms with Crippen molar-refractivity contribution in [1.82, 2.24) is 5.43 Å². The van der Waals surface area contributed by atoms with Crippen molar-refractivity contribution >= 4 is 29.4 Å². The lowest BCUT2D eigenvalue weighted by molar-refractivity contribution is -0.129. The van der Waals surface area contributed by atoms with Gasteiger partial charge in [0.15, 0.2) is 0 Å². The number of rotatable bonds is 5. The topological polar surface area (TPSA) is 61.7 Å². The summed E-state index contributed by atoms with van der Waals surface area (Å²) in [5.41, 5.74) is 3.70. The van der Waals surface area contributed by atoms with Crippen LogP contribution in [0.5, 0.6) is 0 Å². The van der Waals surface area contributed by atoms with Crippen LogP contribution in [-0.4, -0.2) is 23.3 Å². The van der Waals surface area contributed by atoms with Crippen molar-refractivity contribution in [2.75, 3.05) is 6.54 Å². The Bertz CT molecular complexity index is 438. The summed E-state index contributed by atoms with van der Waals surface area (Å²) >= 11 is 5.75. The van der Waals surface area contributed by atoms with Crippen LogP contribution in [0.2, 0.25) is 5.02 Å². The molecule has 0 radical (unpaired) electrons. The lowest BCUT2D eigenvalue weighted by atomic mass is 10.2. The highest BCUT2D eigenvalue weighted by atomic mass is 35.5. The van der Waals surface area contributed by atoms with Crippen LogP contribution in [0.1, 0.15) is 12.5 Å². The third-order valence-corrected chi connectivity index (χ3v) is 2.20. The van der Waals surface area contributed by atoms with Gasteiger partial charge in [0, 0.05) is 5.02 Å². The van der Waals surface area contributed by atoms with E-state index in [4.69, 9.17) is 16.7 Å². The van der Waals surface area contributed by atoms with Crippen LogP contribution in [0.15, 0.2) is 35.4 Å². The Labute approximate surface area is 105 Å². The van der Waals surface area contributed by atoms with Gasteiger partial charge in [0.1, 0.15) is 5.71 Å². The Kier molecular flexibility index (Phi) is 5.23. The summed E-state index contributed by atoms with van der Waals surface area (Å²) < 4.78 is 0. The minimum atomic E-state index is -1.03. The van der Waals surface area contributed by atoms with Crippen molar-refractivity contribution in [3.05, 3.63) is 40.9 Å². The number of carbonyl (C=O) groups is 1. The Morgan fingerprint density at radius 1 is 1.47 bits per heavy atom. The summed E-state index contributed by atoms with van der Waals surface area (Å²) in [6, 6.07) is 7.40. The van der Waals surface area contributed by atoms with Gasteiger partial charge in [-0.25, -0.2) is 4.79 Å². The molecule has 2 N–H and O–H groups in total. The van der Waals surface area contributed by atoms with E-state index in [1.807, 2.05) is 24.3 Å². The highest BCUT2D eigenvalue weighted by molar-refractivity contribution is 6.34. The molecular weight excluding hydrogens is 240 g/mol. The standard InChI is InChI=1S/C12H13ClN2O2/c1-9(12(16)17)15-14-8-2-3-10-4-6-11(13)7-5-10/h2-7,14H,8H2,1H3,(H,16,17)/b3-2+,15-9+. The zero-order chi connectivity index (χ0) is 12.7. The number of aliphatic carboxylic acids is 1. The smallest absolute Gasteiger partial charge is 0.351 e. The number of nitrogens with one attached hydrogen (secondary N) is 1. The Morgan fingerprint density at radius 2 is 2.12 bits per heavy atom. The molecule has 5 heteroatoms. The van der Waals surface area contributed by atoms with Gasteiger partial charge < -0.3 is 10.5 Å². The fourth-order valence-corrected chi connectivity index (χ4v) is 1.16. The second kappa shape index (κ2) is 6.70. The number of carboxylic acids is 1. The fourth-order valence-electron chi connectivity index (χ4n) is 1.03. The van der Waals surface area contributed by atoms with Crippen LogP contribution in [-0.2, 0) is 4.79 Å². The Hall–Kier alpha value is -1.81. The molecule has 0 aliphatic carbocycles. The molecule has 1 rings (SSSR count). The largest absolute Gasteiger partial charge is 0.477 e. The van der Waals surface area contributed by atoms with Gasteiger partial charge in [-0.1, -0.05) is 35.9 Å². The van der Waals surface area contributed by atoms with Crippen LogP contribution < -0.4 is 5.43 Å². The first kappa shape index (κ1) is 13.3. The summed E-state index contributed by atoms with van der Waals surface area (Å²) in [7, 11) is 0. The first-order valence-electron chi connectivity index (χ1n) is 5.02. The first-order chi connectivity index (χ1) is 8.09. The van der Waals surface area contributed by atoms with Gasteiger partial charge in [-0.15, -0.1) is 0 Å². The molecular formula is C12H13ClN2O2. The summed E-state index contributed by atoms with van der Waals surface area (Å²) in [4.78, 5) is 10.4. The normalized spacial score (nSPS) is 11.8. The zero-order valence-electron chi connectivity index (χ0n) is 9.35. The SMILES string of the molecule is C/C(=N\NC/C=C/c1ccc(Cl)cc1)C(=O)O. The van der Waals surface area contributed by atoms with Crippen LogP contribution in [0, 0.1) is 0 Å². The van der Waals surface area contributed by atoms with Gasteiger partial charge >= 0.3 is 5.97 Å². The van der Waals surface area contributed by atoms with Crippen molar-refractivity contribution in [2.24, 2.45) is 5.10 Å². The van der Waals surface area contributed by atoms with E-state index in [1.165, 1.54) is 6.92 Å². The van der Waals surface area contributed by atoms with Gasteiger partial charge in [-0.2, -0.15) is 5.10 Å². The molecule has 1 aromatic carbocycles. The van der Waals surface area contributed by atoms with Crippen LogP contribution in [0.4, 0.5) is 0 Å². The molecule has 0 fully saturated rings. The number of hydrogen-bond acceptors (Lipinski definition) is 3. The highest BCUT2D eigenvalue weighted by Crippen LogP contribution is 2.10. The van der Waals surface area contributed by atoms with Gasteiger partial charge in [-0.05, 0) is 24.6 Å². The molecule has 0 spiro atoms. The number of halogens is 1. The highest BCUT2D eigenvalue weighted by Gasteiger charge is 1.99. The van der Waals surface area contributed by atoms with Crippen LogP contribution >= 0.6 is 11.6 Å². The predicted molar refractivity (Wildman–Crippen MR) is 69.2 cm³/mol. The lowest BCUT2D eigenvalue weighted by Crippen LogP contribution is -2.15. The minimum Gasteiger partial charge on any atom is -0.477 e. The Morgan fingerprint density at radius 3 is 2.71 bits per heavy atom. The molecule has 0 bridgehead atoms. The molecule has 0 aromatic heterocycles. The molecule has 0 unspecified atom stereocenters. The van der Waals surface area contributed by atoms with Crippen molar-refractivity contribution < 1.29 is 9.90 Å². The molecule has 0 aliphatic heterocycles.